The molecule has 0 unspecified atom stereocenters. The Bertz CT molecular complexity index is 654. The summed E-state index contributed by atoms with van der Waals surface area (Å²) in [5, 5.41) is 0.550. The third-order valence-electron chi connectivity index (χ3n) is 3.51. The Hall–Kier alpha value is -1.66. The molecule has 22 heavy (non-hydrogen) atoms. The molecule has 0 N–H and O–H groups in total. The average Bonchev–Trinajstić information content (AvgIpc) is 2.54. The van der Waals surface area contributed by atoms with Crippen molar-refractivity contribution in [2.45, 2.75) is 0 Å². The Morgan fingerprint density at radius 1 is 1.09 bits per heavy atom. The molecular formula is C15H14BrClN4O. The van der Waals surface area contributed by atoms with Crippen molar-refractivity contribution in [2.75, 3.05) is 31.1 Å². The van der Waals surface area contributed by atoms with Crippen molar-refractivity contribution in [1.82, 2.24) is 14.9 Å². The van der Waals surface area contributed by atoms with Crippen LogP contribution in [0, 0.1) is 0 Å². The molecule has 1 saturated heterocycles. The number of carbonyl (C=O) groups excluding carboxylic acids is 1. The zero-order valence-electron chi connectivity index (χ0n) is 11.7. The predicted octanol–water partition coefficient (Wildman–Crippen LogP) is 2.85. The highest BCUT2D eigenvalue weighted by Gasteiger charge is 2.23. The van der Waals surface area contributed by atoms with Gasteiger partial charge in [-0.25, -0.2) is 9.97 Å². The van der Waals surface area contributed by atoms with Gasteiger partial charge in [-0.15, -0.1) is 0 Å². The second-order valence-electron chi connectivity index (χ2n) is 4.99. The molecule has 114 valence electrons. The van der Waals surface area contributed by atoms with E-state index < -0.39 is 0 Å². The summed E-state index contributed by atoms with van der Waals surface area (Å²) in [6.07, 6.45) is 3.45. The van der Waals surface area contributed by atoms with E-state index in [-0.39, 0.29) is 5.91 Å². The van der Waals surface area contributed by atoms with E-state index >= 15 is 0 Å². The molecule has 1 aromatic heterocycles. The number of amides is 1. The van der Waals surface area contributed by atoms with Crippen molar-refractivity contribution in [3.63, 3.8) is 0 Å². The molecule has 1 aliphatic heterocycles. The summed E-state index contributed by atoms with van der Waals surface area (Å²) in [7, 11) is 0. The second-order valence-corrected chi connectivity index (χ2v) is 6.34. The van der Waals surface area contributed by atoms with E-state index in [4.69, 9.17) is 11.6 Å². The number of anilines is 1. The third-order valence-corrected chi connectivity index (χ3v) is 4.19. The van der Waals surface area contributed by atoms with Crippen LogP contribution in [0.5, 0.6) is 0 Å². The van der Waals surface area contributed by atoms with Gasteiger partial charge in [0.15, 0.2) is 0 Å². The highest BCUT2D eigenvalue weighted by Crippen LogP contribution is 2.21. The van der Waals surface area contributed by atoms with Gasteiger partial charge in [-0.3, -0.25) is 4.79 Å². The maximum Gasteiger partial charge on any atom is 0.254 e. The van der Waals surface area contributed by atoms with E-state index in [0.717, 1.165) is 17.6 Å². The van der Waals surface area contributed by atoms with E-state index in [2.05, 4.69) is 30.8 Å². The molecule has 0 spiro atoms. The smallest absolute Gasteiger partial charge is 0.254 e. The van der Waals surface area contributed by atoms with Crippen molar-refractivity contribution in [3.8, 4) is 0 Å². The minimum absolute atomic E-state index is 0.00294. The summed E-state index contributed by atoms with van der Waals surface area (Å²) in [5.74, 6) is 0.705. The fraction of sp³-hybridized carbons (Fsp3) is 0.267. The molecule has 3 rings (SSSR count). The molecule has 0 atom stereocenters. The van der Waals surface area contributed by atoms with Crippen LogP contribution in [0.3, 0.4) is 0 Å². The largest absolute Gasteiger partial charge is 0.337 e. The second kappa shape index (κ2) is 6.62. The molecule has 0 saturated carbocycles. The number of aromatic nitrogens is 2. The monoisotopic (exact) mass is 380 g/mol. The molecule has 1 aliphatic rings. The third kappa shape index (κ3) is 3.39. The van der Waals surface area contributed by atoms with Crippen LogP contribution in [-0.2, 0) is 0 Å². The van der Waals surface area contributed by atoms with Gasteiger partial charge < -0.3 is 9.80 Å². The van der Waals surface area contributed by atoms with Crippen molar-refractivity contribution in [1.29, 1.82) is 0 Å². The lowest BCUT2D eigenvalue weighted by Crippen LogP contribution is -2.49. The van der Waals surface area contributed by atoms with Gasteiger partial charge in [0.1, 0.15) is 0 Å². The van der Waals surface area contributed by atoms with Crippen molar-refractivity contribution in [2.24, 2.45) is 0 Å². The molecule has 0 bridgehead atoms. The minimum atomic E-state index is -0.00294. The lowest BCUT2D eigenvalue weighted by atomic mass is 10.2. The topological polar surface area (TPSA) is 49.3 Å². The zero-order valence-corrected chi connectivity index (χ0v) is 14.1. The number of piperazine rings is 1. The summed E-state index contributed by atoms with van der Waals surface area (Å²) in [6, 6.07) is 7.05. The maximum atomic E-state index is 12.5. The first-order valence-electron chi connectivity index (χ1n) is 6.91. The molecule has 1 fully saturated rings. The molecule has 7 heteroatoms. The minimum Gasteiger partial charge on any atom is -0.337 e. The first kappa shape index (κ1) is 15.2. The van der Waals surface area contributed by atoms with Gasteiger partial charge in [0.05, 0.1) is 0 Å². The van der Waals surface area contributed by atoms with Crippen LogP contribution in [0.1, 0.15) is 10.4 Å². The molecule has 0 radical (unpaired) electrons. The van der Waals surface area contributed by atoms with Crippen molar-refractivity contribution < 1.29 is 4.79 Å². The number of rotatable bonds is 2. The Morgan fingerprint density at radius 2 is 1.77 bits per heavy atom. The molecule has 1 amide bonds. The summed E-state index contributed by atoms with van der Waals surface area (Å²) >= 11 is 9.38. The number of carbonyl (C=O) groups is 1. The van der Waals surface area contributed by atoms with Crippen LogP contribution in [-0.4, -0.2) is 47.0 Å². The molecule has 2 heterocycles. The number of nitrogens with zero attached hydrogens (tertiary/aromatic N) is 4. The number of hydrogen-bond donors (Lipinski definition) is 0. The fourth-order valence-electron chi connectivity index (χ4n) is 2.42. The maximum absolute atomic E-state index is 12.5. The Kier molecular flexibility index (Phi) is 4.59. The summed E-state index contributed by atoms with van der Waals surface area (Å²) in [5.41, 5.74) is 0.601. The summed E-state index contributed by atoms with van der Waals surface area (Å²) in [6.45, 7) is 2.72. The Morgan fingerprint density at radius 3 is 2.41 bits per heavy atom. The first-order valence-corrected chi connectivity index (χ1v) is 8.08. The van der Waals surface area contributed by atoms with Gasteiger partial charge in [0.25, 0.3) is 5.91 Å². The highest BCUT2D eigenvalue weighted by molar-refractivity contribution is 9.10. The van der Waals surface area contributed by atoms with Crippen LogP contribution in [0.4, 0.5) is 5.95 Å². The van der Waals surface area contributed by atoms with Gasteiger partial charge in [-0.1, -0.05) is 27.5 Å². The van der Waals surface area contributed by atoms with Crippen molar-refractivity contribution in [3.05, 3.63) is 51.7 Å². The van der Waals surface area contributed by atoms with E-state index in [1.807, 2.05) is 4.90 Å². The number of halogens is 2. The van der Waals surface area contributed by atoms with Crippen molar-refractivity contribution >= 4 is 39.4 Å². The van der Waals surface area contributed by atoms with Gasteiger partial charge in [-0.05, 0) is 24.3 Å². The van der Waals surface area contributed by atoms with Gasteiger partial charge in [0, 0.05) is 53.6 Å². The SMILES string of the molecule is O=C(c1cc(Cl)cc(Br)c1)N1CCN(c2ncccn2)CC1. The van der Waals surface area contributed by atoms with E-state index in [1.165, 1.54) is 0 Å². The van der Waals surface area contributed by atoms with Crippen LogP contribution < -0.4 is 4.90 Å². The van der Waals surface area contributed by atoms with Gasteiger partial charge in [-0.2, -0.15) is 0 Å². The molecule has 0 aliphatic carbocycles. The predicted molar refractivity (Wildman–Crippen MR) is 89.3 cm³/mol. The number of benzene rings is 1. The van der Waals surface area contributed by atoms with Crippen LogP contribution in [0.2, 0.25) is 5.02 Å². The molecular weight excluding hydrogens is 368 g/mol. The van der Waals surface area contributed by atoms with Gasteiger partial charge in [0.2, 0.25) is 5.95 Å². The standard InChI is InChI=1S/C15H14BrClN4O/c16-12-8-11(9-13(17)10-12)14(22)20-4-6-21(7-5-20)15-18-2-1-3-19-15/h1-3,8-10H,4-7H2. The summed E-state index contributed by atoms with van der Waals surface area (Å²) < 4.78 is 0.805. The average molecular weight is 382 g/mol. The van der Waals surface area contributed by atoms with E-state index in [1.54, 1.807) is 36.7 Å². The Balaban J connectivity index is 1.67. The van der Waals surface area contributed by atoms with Crippen LogP contribution in [0.15, 0.2) is 41.1 Å². The first-order chi connectivity index (χ1) is 10.6. The lowest BCUT2D eigenvalue weighted by molar-refractivity contribution is 0.0746. The molecule has 2 aromatic rings. The molecule has 1 aromatic carbocycles. The van der Waals surface area contributed by atoms with E-state index in [9.17, 15) is 4.79 Å². The van der Waals surface area contributed by atoms with Gasteiger partial charge >= 0.3 is 0 Å². The fourth-order valence-corrected chi connectivity index (χ4v) is 3.28. The number of hydrogen-bond acceptors (Lipinski definition) is 4. The normalized spacial score (nSPS) is 15.0. The zero-order chi connectivity index (χ0) is 15.5. The quantitative estimate of drug-likeness (QED) is 0.802. The molecule has 5 nitrogen and oxygen atoms in total. The summed E-state index contributed by atoms with van der Waals surface area (Å²) in [4.78, 5) is 24.9. The highest BCUT2D eigenvalue weighted by atomic mass is 79.9. The Labute approximate surface area is 142 Å². The van der Waals surface area contributed by atoms with E-state index in [0.29, 0.717) is 29.6 Å². The van der Waals surface area contributed by atoms with Crippen LogP contribution in [0.25, 0.3) is 0 Å². The lowest BCUT2D eigenvalue weighted by Gasteiger charge is -2.34. The van der Waals surface area contributed by atoms with Crippen LogP contribution >= 0.6 is 27.5 Å².